The van der Waals surface area contributed by atoms with Crippen LogP contribution in [0.5, 0.6) is 0 Å². The average molecular weight is 465 g/mol. The zero-order valence-electron chi connectivity index (χ0n) is 18.7. The highest BCUT2D eigenvalue weighted by molar-refractivity contribution is 6.30. The molecule has 2 aromatic carbocycles. The molecule has 2 aromatic rings. The molecular weight excluding hydrogens is 434 g/mol. The van der Waals surface area contributed by atoms with Gasteiger partial charge in [0, 0.05) is 49.2 Å². The molecule has 0 aliphatic carbocycles. The predicted octanol–water partition coefficient (Wildman–Crippen LogP) is 5.46. The molecule has 3 rings (SSSR count). The van der Waals surface area contributed by atoms with E-state index in [-0.39, 0.29) is 30.1 Å². The molecule has 4 nitrogen and oxygen atoms in total. The Hall–Kier alpha value is -2.02. The number of piperazine rings is 1. The number of halogens is 3. The SMILES string of the molecule is CCC[C@@H](C)C(=O)N1CCN(C[C@H](OCc2c(F)cccc2F)c2ccc(Cl)cc2)CC1. The minimum absolute atomic E-state index is 0.0485. The smallest absolute Gasteiger partial charge is 0.225 e. The third-order valence-corrected chi connectivity index (χ3v) is 6.24. The lowest BCUT2D eigenvalue weighted by Gasteiger charge is -2.37. The van der Waals surface area contributed by atoms with Crippen molar-refractivity contribution >= 4 is 17.5 Å². The molecule has 1 fully saturated rings. The number of hydrogen-bond acceptors (Lipinski definition) is 3. The van der Waals surface area contributed by atoms with Crippen LogP contribution in [0.15, 0.2) is 42.5 Å². The highest BCUT2D eigenvalue weighted by atomic mass is 35.5. The standard InChI is InChI=1S/C25H31ClF2N2O2/c1-3-5-18(2)25(31)30-14-12-29(13-15-30)16-24(19-8-10-20(26)11-9-19)32-17-21-22(27)6-4-7-23(21)28/h4,6-11,18,24H,3,5,12-17H2,1-2H3/t18-,24+/m1/s1. The van der Waals surface area contributed by atoms with Crippen LogP contribution < -0.4 is 0 Å². The highest BCUT2D eigenvalue weighted by Gasteiger charge is 2.26. The second-order valence-corrected chi connectivity index (χ2v) is 8.80. The monoisotopic (exact) mass is 464 g/mol. The summed E-state index contributed by atoms with van der Waals surface area (Å²) in [7, 11) is 0. The third kappa shape index (κ3) is 6.50. The minimum Gasteiger partial charge on any atom is -0.367 e. The lowest BCUT2D eigenvalue weighted by molar-refractivity contribution is -0.137. The van der Waals surface area contributed by atoms with Crippen LogP contribution in [0.2, 0.25) is 5.02 Å². The molecule has 174 valence electrons. The molecule has 0 spiro atoms. The van der Waals surface area contributed by atoms with E-state index in [0.717, 1.165) is 31.5 Å². The summed E-state index contributed by atoms with van der Waals surface area (Å²) in [5.74, 6) is -0.972. The molecule has 0 aromatic heterocycles. The molecule has 2 atom stereocenters. The topological polar surface area (TPSA) is 32.8 Å². The zero-order chi connectivity index (χ0) is 23.1. The van der Waals surface area contributed by atoms with Gasteiger partial charge in [0.25, 0.3) is 0 Å². The van der Waals surface area contributed by atoms with Crippen LogP contribution >= 0.6 is 11.6 Å². The van der Waals surface area contributed by atoms with Crippen molar-refractivity contribution < 1.29 is 18.3 Å². The van der Waals surface area contributed by atoms with Crippen molar-refractivity contribution in [2.75, 3.05) is 32.7 Å². The largest absolute Gasteiger partial charge is 0.367 e. The van der Waals surface area contributed by atoms with E-state index in [1.54, 1.807) is 12.1 Å². The van der Waals surface area contributed by atoms with Crippen molar-refractivity contribution in [2.45, 2.75) is 39.4 Å². The van der Waals surface area contributed by atoms with Gasteiger partial charge in [-0.2, -0.15) is 0 Å². The molecule has 0 N–H and O–H groups in total. The number of carbonyl (C=O) groups excluding carboxylic acids is 1. The Morgan fingerprint density at radius 3 is 2.28 bits per heavy atom. The molecule has 0 bridgehead atoms. The molecule has 1 heterocycles. The van der Waals surface area contributed by atoms with Crippen molar-refractivity contribution in [1.29, 1.82) is 0 Å². The fraction of sp³-hybridized carbons (Fsp3) is 0.480. The molecule has 1 aliphatic heterocycles. The normalized spacial score (nSPS) is 16.7. The van der Waals surface area contributed by atoms with Crippen LogP contribution in [0, 0.1) is 17.6 Å². The summed E-state index contributed by atoms with van der Waals surface area (Å²) in [6.45, 7) is 7.27. The summed E-state index contributed by atoms with van der Waals surface area (Å²) in [5, 5.41) is 0.612. The summed E-state index contributed by atoms with van der Waals surface area (Å²) in [6.07, 6.45) is 1.51. The Morgan fingerprint density at radius 1 is 1.06 bits per heavy atom. The van der Waals surface area contributed by atoms with Crippen LogP contribution in [0.25, 0.3) is 0 Å². The van der Waals surface area contributed by atoms with Crippen molar-refractivity contribution in [3.05, 3.63) is 70.2 Å². The molecule has 7 heteroatoms. The van der Waals surface area contributed by atoms with Gasteiger partial charge < -0.3 is 9.64 Å². The van der Waals surface area contributed by atoms with Crippen LogP contribution in [0.4, 0.5) is 8.78 Å². The molecular formula is C25H31ClF2N2O2. The summed E-state index contributed by atoms with van der Waals surface area (Å²) < 4.78 is 34.2. The first-order chi connectivity index (χ1) is 15.4. The molecule has 1 aliphatic rings. The molecule has 1 amide bonds. The fourth-order valence-corrected chi connectivity index (χ4v) is 4.17. The number of nitrogens with zero attached hydrogens (tertiary/aromatic N) is 2. The van der Waals surface area contributed by atoms with E-state index in [1.165, 1.54) is 18.2 Å². The van der Waals surface area contributed by atoms with Gasteiger partial charge in [-0.15, -0.1) is 0 Å². The van der Waals surface area contributed by atoms with Gasteiger partial charge in [0.15, 0.2) is 0 Å². The van der Waals surface area contributed by atoms with E-state index in [2.05, 4.69) is 11.8 Å². The second kappa shape index (κ2) is 11.7. The van der Waals surface area contributed by atoms with E-state index >= 15 is 0 Å². The van der Waals surface area contributed by atoms with Gasteiger partial charge in [-0.25, -0.2) is 8.78 Å². The quantitative estimate of drug-likeness (QED) is 0.494. The van der Waals surface area contributed by atoms with Crippen LogP contribution in [-0.2, 0) is 16.1 Å². The first kappa shape index (κ1) is 24.6. The van der Waals surface area contributed by atoms with E-state index in [9.17, 15) is 13.6 Å². The predicted molar refractivity (Wildman–Crippen MR) is 122 cm³/mol. The van der Waals surface area contributed by atoms with Gasteiger partial charge in [-0.1, -0.05) is 50.1 Å². The summed E-state index contributed by atoms with van der Waals surface area (Å²) >= 11 is 6.03. The van der Waals surface area contributed by atoms with Gasteiger partial charge in [0.05, 0.1) is 12.7 Å². The number of carbonyl (C=O) groups is 1. The highest BCUT2D eigenvalue weighted by Crippen LogP contribution is 2.25. The summed E-state index contributed by atoms with van der Waals surface area (Å²) in [5.41, 5.74) is 0.813. The Bertz CT molecular complexity index is 866. The lowest BCUT2D eigenvalue weighted by atomic mass is 10.0. The van der Waals surface area contributed by atoms with Crippen molar-refractivity contribution in [1.82, 2.24) is 9.80 Å². The van der Waals surface area contributed by atoms with Crippen molar-refractivity contribution in [3.8, 4) is 0 Å². The van der Waals surface area contributed by atoms with Gasteiger partial charge in [-0.05, 0) is 36.2 Å². The number of hydrogen-bond donors (Lipinski definition) is 0. The number of ether oxygens (including phenoxy) is 1. The maximum Gasteiger partial charge on any atom is 0.225 e. The van der Waals surface area contributed by atoms with Gasteiger partial charge >= 0.3 is 0 Å². The molecule has 0 unspecified atom stereocenters. The fourth-order valence-electron chi connectivity index (χ4n) is 4.04. The Labute approximate surface area is 194 Å². The first-order valence-electron chi connectivity index (χ1n) is 11.2. The molecule has 0 radical (unpaired) electrons. The van der Waals surface area contributed by atoms with Gasteiger partial charge in [-0.3, -0.25) is 9.69 Å². The van der Waals surface area contributed by atoms with Crippen LogP contribution in [0.1, 0.15) is 43.9 Å². The Balaban J connectivity index is 1.65. The van der Waals surface area contributed by atoms with E-state index in [1.807, 2.05) is 24.0 Å². The minimum atomic E-state index is -0.617. The van der Waals surface area contributed by atoms with Gasteiger partial charge in [0.1, 0.15) is 11.6 Å². The number of benzene rings is 2. The number of rotatable bonds is 9. The first-order valence-corrected chi connectivity index (χ1v) is 11.6. The van der Waals surface area contributed by atoms with E-state index in [0.29, 0.717) is 24.7 Å². The summed E-state index contributed by atoms with van der Waals surface area (Å²) in [6, 6.07) is 11.1. The summed E-state index contributed by atoms with van der Waals surface area (Å²) in [4.78, 5) is 16.8. The zero-order valence-corrected chi connectivity index (χ0v) is 19.5. The van der Waals surface area contributed by atoms with Crippen LogP contribution in [-0.4, -0.2) is 48.4 Å². The van der Waals surface area contributed by atoms with Crippen molar-refractivity contribution in [3.63, 3.8) is 0 Å². The number of amides is 1. The van der Waals surface area contributed by atoms with Crippen molar-refractivity contribution in [2.24, 2.45) is 5.92 Å². The molecule has 1 saturated heterocycles. The van der Waals surface area contributed by atoms with Gasteiger partial charge in [0.2, 0.25) is 5.91 Å². The Kier molecular flexibility index (Phi) is 9.02. The maximum atomic E-state index is 14.1. The van der Waals surface area contributed by atoms with Crippen LogP contribution in [0.3, 0.4) is 0 Å². The average Bonchev–Trinajstić information content (AvgIpc) is 2.78. The second-order valence-electron chi connectivity index (χ2n) is 8.37. The van der Waals surface area contributed by atoms with E-state index in [4.69, 9.17) is 16.3 Å². The Morgan fingerprint density at radius 2 is 1.69 bits per heavy atom. The molecule has 0 saturated carbocycles. The maximum absolute atomic E-state index is 14.1. The van der Waals surface area contributed by atoms with E-state index < -0.39 is 11.6 Å². The molecule has 32 heavy (non-hydrogen) atoms. The lowest BCUT2D eigenvalue weighted by Crippen LogP contribution is -2.50. The third-order valence-electron chi connectivity index (χ3n) is 5.98.